The summed E-state index contributed by atoms with van der Waals surface area (Å²) in [5.74, 6) is 0. The van der Waals surface area contributed by atoms with Crippen molar-refractivity contribution in [1.29, 1.82) is 0 Å². The summed E-state index contributed by atoms with van der Waals surface area (Å²) in [5, 5.41) is 2.16. The Morgan fingerprint density at radius 3 is 1.67 bits per heavy atom. The molecule has 0 aromatic carbocycles. The summed E-state index contributed by atoms with van der Waals surface area (Å²) in [5.41, 5.74) is 0. The van der Waals surface area contributed by atoms with Crippen LogP contribution in [0.4, 0.5) is 0 Å². The van der Waals surface area contributed by atoms with E-state index in [9.17, 15) is 0 Å². The standard InChI is InChI=1S/C3H17N3Si3/c1-4(2)5(3)9-6(7)8/h9H2,1-3,7-8H3. The summed E-state index contributed by atoms with van der Waals surface area (Å²) in [7, 11) is 8.80. The van der Waals surface area contributed by atoms with E-state index in [2.05, 4.69) is 34.7 Å². The van der Waals surface area contributed by atoms with Gasteiger partial charge in [0.2, 0.25) is 0 Å². The van der Waals surface area contributed by atoms with Crippen LogP contribution in [0.15, 0.2) is 0 Å². The summed E-state index contributed by atoms with van der Waals surface area (Å²) in [4.78, 5) is 0. The van der Waals surface area contributed by atoms with E-state index in [-0.39, 0.29) is 9.84 Å². The molecule has 0 atom stereocenters. The highest BCUT2D eigenvalue weighted by atomic mass is 28.3. The fourth-order valence-corrected chi connectivity index (χ4v) is 4.06. The molecule has 0 rings (SSSR count). The van der Waals surface area contributed by atoms with Crippen LogP contribution in [0.5, 0.6) is 0 Å². The lowest BCUT2D eigenvalue weighted by molar-refractivity contribution is 0.156. The first-order valence-corrected chi connectivity index (χ1v) is 6.12. The molecule has 0 N–H and O–H groups in total. The molecule has 9 heavy (non-hydrogen) atoms. The van der Waals surface area contributed by atoms with Crippen molar-refractivity contribution in [3.63, 3.8) is 0 Å². The molecule has 0 radical (unpaired) electrons. The van der Waals surface area contributed by atoms with Gasteiger partial charge in [0.05, 0.1) is 20.8 Å². The lowest BCUT2D eigenvalue weighted by Gasteiger charge is -2.26. The predicted molar refractivity (Wildman–Crippen MR) is 51.7 cm³/mol. The Morgan fingerprint density at radius 1 is 1.11 bits per heavy atom. The van der Waals surface area contributed by atoms with Crippen molar-refractivity contribution in [2.75, 3.05) is 21.1 Å². The third kappa shape index (κ3) is 5.00. The van der Waals surface area contributed by atoms with Gasteiger partial charge in [-0.3, -0.25) is 9.68 Å². The van der Waals surface area contributed by atoms with E-state index in [0.717, 1.165) is 0 Å². The van der Waals surface area contributed by atoms with Gasteiger partial charge in [-0.15, -0.1) is 0 Å². The lowest BCUT2D eigenvalue weighted by Crippen LogP contribution is -2.43. The maximum absolute atomic E-state index is 2.54. The SMILES string of the molecule is CN(C)N(C)[SiH2]N([SiH3])[SiH3]. The third-order valence-corrected chi connectivity index (χ3v) is 4.41. The Morgan fingerprint density at radius 2 is 1.56 bits per heavy atom. The van der Waals surface area contributed by atoms with Crippen LogP contribution in [0.3, 0.4) is 0 Å². The lowest BCUT2D eigenvalue weighted by atomic mass is 11.1. The molecule has 0 aliphatic carbocycles. The van der Waals surface area contributed by atoms with Gasteiger partial charge < -0.3 is 3.90 Å². The Hall–Kier alpha value is 0.531. The number of hydrogen-bond acceptors (Lipinski definition) is 3. The van der Waals surface area contributed by atoms with Crippen LogP contribution in [-0.4, -0.2) is 65.4 Å². The largest absolute Gasteiger partial charge is 0.375 e. The van der Waals surface area contributed by atoms with E-state index in [1.165, 1.54) is 20.8 Å². The van der Waals surface area contributed by atoms with E-state index in [4.69, 9.17) is 0 Å². The van der Waals surface area contributed by atoms with Crippen molar-refractivity contribution in [3.05, 3.63) is 0 Å². The zero-order valence-electron chi connectivity index (χ0n) is 7.05. The fourth-order valence-electron chi connectivity index (χ4n) is 0.536. The van der Waals surface area contributed by atoms with Gasteiger partial charge in [0.15, 0.2) is 9.84 Å². The van der Waals surface area contributed by atoms with Crippen molar-refractivity contribution < 1.29 is 0 Å². The second-order valence-corrected chi connectivity index (χ2v) is 12.6. The van der Waals surface area contributed by atoms with Crippen molar-refractivity contribution in [2.45, 2.75) is 0 Å². The smallest absolute Gasteiger partial charge is 0.174 e. The molecule has 0 aromatic rings. The first-order valence-electron chi connectivity index (χ1n) is 3.07. The molecular weight excluding hydrogens is 162 g/mol. The van der Waals surface area contributed by atoms with Crippen molar-refractivity contribution in [2.24, 2.45) is 0 Å². The Kier molecular flexibility index (Phi) is 4.62. The average Bonchev–Trinajstić information content (AvgIpc) is 1.63. The van der Waals surface area contributed by atoms with E-state index in [1.807, 2.05) is 0 Å². The van der Waals surface area contributed by atoms with Gasteiger partial charge in [0, 0.05) is 14.1 Å². The maximum Gasteiger partial charge on any atom is 0.174 e. The Labute approximate surface area is 66.0 Å². The monoisotopic (exact) mass is 179 g/mol. The van der Waals surface area contributed by atoms with Crippen molar-refractivity contribution >= 4 is 30.7 Å². The molecule has 0 heterocycles. The fraction of sp³-hybridized carbons (Fsp3) is 1.00. The number of hydrogen-bond donors (Lipinski definition) is 0. The quantitative estimate of drug-likeness (QED) is 0.326. The summed E-state index contributed by atoms with van der Waals surface area (Å²) in [6.45, 7) is 0. The molecule has 0 bridgehead atoms. The van der Waals surface area contributed by atoms with Gasteiger partial charge in [-0.25, -0.2) is 0 Å². The normalized spacial score (nSPS) is 14.0. The molecule has 0 aromatic heterocycles. The molecular formula is C3H17N3Si3. The minimum absolute atomic E-state index is 0.0610. The summed E-state index contributed by atoms with van der Waals surface area (Å²) in [6, 6.07) is 0. The highest BCUT2D eigenvalue weighted by molar-refractivity contribution is 6.50. The van der Waals surface area contributed by atoms with Crippen LogP contribution in [-0.2, 0) is 0 Å². The van der Waals surface area contributed by atoms with Crippen LogP contribution in [0, 0.1) is 0 Å². The summed E-state index contributed by atoms with van der Waals surface area (Å²) >= 11 is 0. The average molecular weight is 179 g/mol. The van der Waals surface area contributed by atoms with Crippen LogP contribution >= 0.6 is 0 Å². The molecule has 0 aliphatic rings. The van der Waals surface area contributed by atoms with Gasteiger partial charge in [-0.05, 0) is 7.05 Å². The van der Waals surface area contributed by atoms with Crippen LogP contribution < -0.4 is 0 Å². The molecule has 0 fully saturated rings. The maximum atomic E-state index is 2.54. The highest BCUT2D eigenvalue weighted by Crippen LogP contribution is 1.81. The van der Waals surface area contributed by atoms with E-state index in [1.54, 1.807) is 0 Å². The zero-order valence-corrected chi connectivity index (χ0v) is 12.5. The summed E-state index contributed by atoms with van der Waals surface area (Å²) < 4.78 is 4.88. The Balaban J connectivity index is 3.38. The second-order valence-electron chi connectivity index (χ2n) is 2.73. The zero-order chi connectivity index (χ0) is 7.44. The molecule has 3 nitrogen and oxygen atoms in total. The molecule has 0 aliphatic heterocycles. The summed E-state index contributed by atoms with van der Waals surface area (Å²) in [6.07, 6.45) is 0. The Bertz CT molecular complexity index is 76.7. The molecule has 0 saturated carbocycles. The van der Waals surface area contributed by atoms with Gasteiger partial charge >= 0.3 is 0 Å². The minimum Gasteiger partial charge on any atom is -0.375 e. The van der Waals surface area contributed by atoms with Gasteiger partial charge in [-0.2, -0.15) is 0 Å². The van der Waals surface area contributed by atoms with Crippen LogP contribution in [0.1, 0.15) is 0 Å². The highest BCUT2D eigenvalue weighted by Gasteiger charge is 2.00. The van der Waals surface area contributed by atoms with E-state index < -0.39 is 0 Å². The first-order chi connectivity index (χ1) is 4.04. The molecule has 0 spiro atoms. The van der Waals surface area contributed by atoms with Gasteiger partial charge in [0.25, 0.3) is 0 Å². The number of rotatable bonds is 3. The molecule has 0 saturated heterocycles. The van der Waals surface area contributed by atoms with Crippen LogP contribution in [0.25, 0.3) is 0 Å². The third-order valence-electron chi connectivity index (χ3n) is 1.17. The first kappa shape index (κ1) is 9.53. The predicted octanol–water partition coefficient (Wildman–Crippen LogP) is -3.74. The molecule has 0 amide bonds. The molecule has 56 valence electrons. The molecule has 6 heteroatoms. The number of hydrazine groups is 1. The molecule has 0 unspecified atom stereocenters. The van der Waals surface area contributed by atoms with Crippen molar-refractivity contribution in [1.82, 2.24) is 13.6 Å². The van der Waals surface area contributed by atoms with E-state index >= 15 is 0 Å². The van der Waals surface area contributed by atoms with Crippen LogP contribution in [0.2, 0.25) is 0 Å². The number of nitrogens with zero attached hydrogens (tertiary/aromatic N) is 3. The topological polar surface area (TPSA) is 9.72 Å². The second kappa shape index (κ2) is 4.36. The van der Waals surface area contributed by atoms with E-state index in [0.29, 0.717) is 0 Å². The minimum atomic E-state index is -0.0610. The van der Waals surface area contributed by atoms with Crippen molar-refractivity contribution in [3.8, 4) is 0 Å². The van der Waals surface area contributed by atoms with Gasteiger partial charge in [-0.1, -0.05) is 0 Å². The van der Waals surface area contributed by atoms with Gasteiger partial charge in [0.1, 0.15) is 0 Å².